The van der Waals surface area contributed by atoms with Crippen LogP contribution in [0.15, 0.2) is 47.6 Å². The van der Waals surface area contributed by atoms with Gasteiger partial charge in [-0.25, -0.2) is 4.98 Å². The number of allylic oxidation sites excluding steroid dienone is 1. The van der Waals surface area contributed by atoms with Crippen molar-refractivity contribution in [3.8, 4) is 0 Å². The number of aryl methyl sites for hydroxylation is 1. The lowest BCUT2D eigenvalue weighted by Gasteiger charge is -2.17. The minimum atomic E-state index is 0.849. The van der Waals surface area contributed by atoms with Crippen LogP contribution in [0.5, 0.6) is 0 Å². The molecule has 0 unspecified atom stereocenters. The number of hydrogen-bond donors (Lipinski definition) is 2. The first-order chi connectivity index (χ1) is 11.9. The fourth-order valence-electron chi connectivity index (χ4n) is 3.23. The van der Waals surface area contributed by atoms with Gasteiger partial charge in [0, 0.05) is 31.4 Å². The highest BCUT2D eigenvalue weighted by molar-refractivity contribution is 5.48. The molecule has 4 rings (SSSR count). The second-order valence-corrected chi connectivity index (χ2v) is 6.21. The molecule has 0 saturated heterocycles. The number of anilines is 2. The van der Waals surface area contributed by atoms with Crippen molar-refractivity contribution < 1.29 is 0 Å². The van der Waals surface area contributed by atoms with Crippen molar-refractivity contribution in [1.82, 2.24) is 4.98 Å². The Bertz CT molecular complexity index is 883. The van der Waals surface area contributed by atoms with E-state index in [4.69, 9.17) is 4.98 Å². The standard InChI is InChI=1S/C20H22N4/c1-2-12-22-19-15(5-1)6-3-8-18(19)21-14-11-17-10-9-16-7-4-13-23-20(16)24-17/h2-3,5-6,8-10,12,21H,1,4,7,11,13-14H2,(H,23,24). The van der Waals surface area contributed by atoms with Gasteiger partial charge >= 0.3 is 0 Å². The van der Waals surface area contributed by atoms with Crippen molar-refractivity contribution >= 4 is 17.6 Å². The molecule has 4 nitrogen and oxygen atoms in total. The molecule has 1 aromatic carbocycles. The highest BCUT2D eigenvalue weighted by Gasteiger charge is 2.10. The Hall–Kier alpha value is -2.62. The number of pyridine rings is 1. The molecule has 122 valence electrons. The van der Waals surface area contributed by atoms with E-state index >= 15 is 0 Å². The minimum absolute atomic E-state index is 0.849. The summed E-state index contributed by atoms with van der Waals surface area (Å²) in [6.07, 6.45) is 10.4. The molecule has 0 aliphatic carbocycles. The van der Waals surface area contributed by atoms with Crippen molar-refractivity contribution in [2.24, 2.45) is 4.99 Å². The molecule has 3 heterocycles. The lowest BCUT2D eigenvalue weighted by molar-refractivity contribution is 0.809. The van der Waals surface area contributed by atoms with Gasteiger partial charge in [-0.3, -0.25) is 4.99 Å². The van der Waals surface area contributed by atoms with Crippen molar-refractivity contribution in [2.75, 3.05) is 23.7 Å². The van der Waals surface area contributed by atoms with Crippen LogP contribution in [0.3, 0.4) is 0 Å². The Morgan fingerprint density at radius 3 is 3.17 bits per heavy atom. The Morgan fingerprint density at radius 2 is 2.17 bits per heavy atom. The zero-order valence-electron chi connectivity index (χ0n) is 13.8. The van der Waals surface area contributed by atoms with Gasteiger partial charge in [0.25, 0.3) is 0 Å². The van der Waals surface area contributed by atoms with Crippen LogP contribution in [0.25, 0.3) is 6.08 Å². The predicted molar refractivity (Wildman–Crippen MR) is 98.7 cm³/mol. The van der Waals surface area contributed by atoms with Crippen LogP contribution in [-0.4, -0.2) is 18.1 Å². The Kier molecular flexibility index (Phi) is 4.28. The molecule has 2 aliphatic heterocycles. The average Bonchev–Trinajstić information content (AvgIpc) is 2.88. The highest BCUT2D eigenvalue weighted by Crippen LogP contribution is 2.19. The molecule has 2 N–H and O–H groups in total. The summed E-state index contributed by atoms with van der Waals surface area (Å²) in [4.78, 5) is 9.33. The molecule has 0 spiro atoms. The van der Waals surface area contributed by atoms with Crippen molar-refractivity contribution in [1.29, 1.82) is 0 Å². The van der Waals surface area contributed by atoms with Crippen LogP contribution in [0, 0.1) is 0 Å². The van der Waals surface area contributed by atoms with Gasteiger partial charge in [-0.05, 0) is 42.2 Å². The van der Waals surface area contributed by atoms with E-state index in [0.29, 0.717) is 0 Å². The largest absolute Gasteiger partial charge is 0.383 e. The highest BCUT2D eigenvalue weighted by atomic mass is 15.0. The summed E-state index contributed by atoms with van der Waals surface area (Å²) in [6, 6.07) is 10.7. The van der Waals surface area contributed by atoms with E-state index in [1.165, 1.54) is 17.2 Å². The van der Waals surface area contributed by atoms with Gasteiger partial charge in [-0.2, -0.15) is 0 Å². The molecule has 0 radical (unpaired) electrons. The second-order valence-electron chi connectivity index (χ2n) is 6.21. The summed E-state index contributed by atoms with van der Waals surface area (Å²) >= 11 is 0. The number of hydrogen-bond acceptors (Lipinski definition) is 4. The zero-order valence-corrected chi connectivity index (χ0v) is 13.8. The molecule has 0 atom stereocenters. The van der Waals surface area contributed by atoms with Crippen LogP contribution < -0.4 is 21.2 Å². The first kappa shape index (κ1) is 14.9. The van der Waals surface area contributed by atoms with E-state index in [9.17, 15) is 0 Å². The number of fused-ring (bicyclic) bond motifs is 2. The van der Waals surface area contributed by atoms with Gasteiger partial charge in [0.15, 0.2) is 0 Å². The molecule has 2 aromatic rings. The Labute approximate surface area is 142 Å². The molecule has 2 aliphatic rings. The van der Waals surface area contributed by atoms with Crippen LogP contribution in [-0.2, 0) is 12.8 Å². The Balaban J connectivity index is 1.47. The Morgan fingerprint density at radius 1 is 1.17 bits per heavy atom. The number of rotatable bonds is 4. The molecule has 4 heteroatoms. The zero-order chi connectivity index (χ0) is 16.2. The molecule has 0 bridgehead atoms. The SMILES string of the molecule is C1=CN=c2c(NCCc3ccc4c(n3)NCCC4)cccc2=CC1. The summed E-state index contributed by atoms with van der Waals surface area (Å²) in [5.41, 5.74) is 3.56. The molecule has 24 heavy (non-hydrogen) atoms. The average molecular weight is 318 g/mol. The van der Waals surface area contributed by atoms with Crippen LogP contribution in [0.2, 0.25) is 0 Å². The number of aromatic nitrogens is 1. The predicted octanol–water partition coefficient (Wildman–Crippen LogP) is 2.41. The third-order valence-electron chi connectivity index (χ3n) is 4.50. The maximum Gasteiger partial charge on any atom is 0.129 e. The van der Waals surface area contributed by atoms with Gasteiger partial charge in [-0.1, -0.05) is 30.4 Å². The van der Waals surface area contributed by atoms with Gasteiger partial charge in [0.2, 0.25) is 0 Å². The van der Waals surface area contributed by atoms with Gasteiger partial charge in [-0.15, -0.1) is 0 Å². The van der Waals surface area contributed by atoms with E-state index < -0.39 is 0 Å². The summed E-state index contributed by atoms with van der Waals surface area (Å²) < 4.78 is 0. The summed E-state index contributed by atoms with van der Waals surface area (Å²) in [5, 5.41) is 9.15. The number of benzene rings is 1. The third kappa shape index (κ3) is 3.18. The monoisotopic (exact) mass is 318 g/mol. The first-order valence-electron chi connectivity index (χ1n) is 8.69. The fraction of sp³-hybridized carbons (Fsp3) is 0.300. The van der Waals surface area contributed by atoms with Gasteiger partial charge in [0.05, 0.1) is 11.0 Å². The first-order valence-corrected chi connectivity index (χ1v) is 8.69. The summed E-state index contributed by atoms with van der Waals surface area (Å²) in [6.45, 7) is 1.88. The van der Waals surface area contributed by atoms with E-state index in [1.54, 1.807) is 0 Å². The van der Waals surface area contributed by atoms with E-state index in [1.807, 2.05) is 6.20 Å². The van der Waals surface area contributed by atoms with Crippen LogP contribution in [0.4, 0.5) is 11.5 Å². The lowest BCUT2D eigenvalue weighted by atomic mass is 10.1. The molecule has 0 saturated carbocycles. The third-order valence-corrected chi connectivity index (χ3v) is 4.50. The maximum atomic E-state index is 4.76. The van der Waals surface area contributed by atoms with Crippen molar-refractivity contribution in [2.45, 2.75) is 25.7 Å². The van der Waals surface area contributed by atoms with E-state index in [0.717, 1.165) is 54.9 Å². The number of para-hydroxylation sites is 1. The molecular weight excluding hydrogens is 296 g/mol. The van der Waals surface area contributed by atoms with Crippen LogP contribution >= 0.6 is 0 Å². The quantitative estimate of drug-likeness (QED) is 0.910. The normalized spacial score (nSPS) is 15.2. The minimum Gasteiger partial charge on any atom is -0.383 e. The number of nitrogens with one attached hydrogen (secondary N) is 2. The fourth-order valence-corrected chi connectivity index (χ4v) is 3.23. The summed E-state index contributed by atoms with van der Waals surface area (Å²) in [7, 11) is 0. The van der Waals surface area contributed by atoms with Crippen molar-refractivity contribution in [3.63, 3.8) is 0 Å². The smallest absolute Gasteiger partial charge is 0.129 e. The maximum absolute atomic E-state index is 4.76. The van der Waals surface area contributed by atoms with Crippen molar-refractivity contribution in [3.05, 3.63) is 64.4 Å². The molecule has 1 aromatic heterocycles. The number of nitrogens with zero attached hydrogens (tertiary/aromatic N) is 2. The summed E-state index contributed by atoms with van der Waals surface area (Å²) in [5.74, 6) is 1.07. The molecular formula is C20H22N4. The van der Waals surface area contributed by atoms with Gasteiger partial charge < -0.3 is 10.6 Å². The van der Waals surface area contributed by atoms with E-state index in [2.05, 4.69) is 58.1 Å². The lowest BCUT2D eigenvalue weighted by Crippen LogP contribution is -2.28. The van der Waals surface area contributed by atoms with E-state index in [-0.39, 0.29) is 0 Å². The molecule has 0 fully saturated rings. The van der Waals surface area contributed by atoms with Gasteiger partial charge in [0.1, 0.15) is 5.82 Å². The van der Waals surface area contributed by atoms with Crippen LogP contribution in [0.1, 0.15) is 24.1 Å². The second kappa shape index (κ2) is 6.87. The molecule has 0 amide bonds. The topological polar surface area (TPSA) is 49.3 Å².